The first-order chi connectivity index (χ1) is 17.6. The molecule has 0 spiro atoms. The Hall–Kier alpha value is -1.99. The molecule has 0 unspecified atom stereocenters. The smallest absolute Gasteiger partial charge is 0.242 e. The van der Waals surface area contributed by atoms with E-state index in [2.05, 4.69) is 9.62 Å². The molecular weight excluding hydrogens is 538 g/mol. The highest BCUT2D eigenvalue weighted by atomic mass is 35.5. The zero-order valence-corrected chi connectivity index (χ0v) is 23.4. The topological polar surface area (TPSA) is 110 Å². The summed E-state index contributed by atoms with van der Waals surface area (Å²) in [6.07, 6.45) is 4.28. The lowest BCUT2D eigenvalue weighted by Crippen LogP contribution is -2.56. The summed E-state index contributed by atoms with van der Waals surface area (Å²) in [5, 5.41) is 1.04. The Bertz CT molecular complexity index is 1130. The fourth-order valence-electron chi connectivity index (χ4n) is 5.17. The summed E-state index contributed by atoms with van der Waals surface area (Å²) in [5.74, 6) is -0.379. The lowest BCUT2D eigenvalue weighted by atomic mass is 10.1. The van der Waals surface area contributed by atoms with E-state index in [9.17, 15) is 22.8 Å². The van der Waals surface area contributed by atoms with Gasteiger partial charge in [0.25, 0.3) is 0 Å². The van der Waals surface area contributed by atoms with Crippen molar-refractivity contribution in [1.82, 2.24) is 24.3 Å². The van der Waals surface area contributed by atoms with Gasteiger partial charge >= 0.3 is 0 Å². The van der Waals surface area contributed by atoms with Crippen LogP contribution < -0.4 is 4.72 Å². The first kappa shape index (κ1) is 28.0. The van der Waals surface area contributed by atoms with Crippen LogP contribution in [0.15, 0.2) is 17.5 Å². The highest BCUT2D eigenvalue weighted by Crippen LogP contribution is 2.23. The summed E-state index contributed by atoms with van der Waals surface area (Å²) in [7, 11) is -3.85. The van der Waals surface area contributed by atoms with E-state index in [1.165, 1.54) is 22.3 Å². The third-order valence-electron chi connectivity index (χ3n) is 7.15. The molecule has 13 heteroatoms. The van der Waals surface area contributed by atoms with Crippen molar-refractivity contribution in [3.8, 4) is 0 Å². The molecule has 10 nitrogen and oxygen atoms in total. The number of piperidine rings is 1. The molecule has 0 aliphatic carbocycles. The Labute approximate surface area is 227 Å². The number of likely N-dealkylation sites (tertiary alicyclic amines) is 2. The molecule has 204 valence electrons. The molecule has 3 fully saturated rings. The minimum Gasteiger partial charge on any atom is -0.340 e. The summed E-state index contributed by atoms with van der Waals surface area (Å²) in [5.41, 5.74) is 0. The molecule has 1 aromatic rings. The molecule has 0 bridgehead atoms. The van der Waals surface area contributed by atoms with Gasteiger partial charge in [0.05, 0.1) is 10.9 Å². The maximum absolute atomic E-state index is 13.2. The number of sulfonamides is 1. The fourth-order valence-corrected chi connectivity index (χ4v) is 7.24. The number of thiophene rings is 1. The molecule has 3 aliphatic heterocycles. The Morgan fingerprint density at radius 1 is 1.11 bits per heavy atom. The highest BCUT2D eigenvalue weighted by Gasteiger charge is 2.36. The van der Waals surface area contributed by atoms with Crippen LogP contribution in [0.1, 0.15) is 37.5 Å². The number of halogens is 1. The van der Waals surface area contributed by atoms with Gasteiger partial charge < -0.3 is 14.7 Å². The Balaban J connectivity index is 1.30. The van der Waals surface area contributed by atoms with E-state index >= 15 is 0 Å². The van der Waals surface area contributed by atoms with E-state index < -0.39 is 16.1 Å². The van der Waals surface area contributed by atoms with Crippen molar-refractivity contribution in [3.63, 3.8) is 0 Å². The quantitative estimate of drug-likeness (QED) is 0.505. The molecule has 3 saturated heterocycles. The predicted octanol–water partition coefficient (Wildman–Crippen LogP) is 1.44. The van der Waals surface area contributed by atoms with Crippen molar-refractivity contribution in [2.45, 2.75) is 44.7 Å². The van der Waals surface area contributed by atoms with E-state index in [1.807, 2.05) is 9.80 Å². The Kier molecular flexibility index (Phi) is 9.28. The predicted molar refractivity (Wildman–Crippen MR) is 143 cm³/mol. The summed E-state index contributed by atoms with van der Waals surface area (Å²) in [6, 6.07) is 2.59. The van der Waals surface area contributed by atoms with Gasteiger partial charge in [-0.05, 0) is 43.9 Å². The molecule has 2 atom stereocenters. The lowest BCUT2D eigenvalue weighted by molar-refractivity contribution is -0.143. The van der Waals surface area contributed by atoms with Gasteiger partial charge in [0.15, 0.2) is 0 Å². The first-order valence-corrected chi connectivity index (χ1v) is 15.4. The SMILES string of the molecule is CC(=O)N1CCN(C[C@@H]2CCCN2C(=O)CN2CCC[C@H](NS(=O)(=O)/C=C/c3ccc(Cl)s3)C2=O)CC1. The number of amides is 3. The zero-order chi connectivity index (χ0) is 26.6. The summed E-state index contributed by atoms with van der Waals surface area (Å²) in [6.45, 7) is 6.37. The van der Waals surface area contributed by atoms with Crippen LogP contribution in [0.2, 0.25) is 4.34 Å². The third-order valence-corrected chi connectivity index (χ3v) is 9.46. The highest BCUT2D eigenvalue weighted by molar-refractivity contribution is 7.92. The van der Waals surface area contributed by atoms with Crippen LogP contribution in [-0.2, 0) is 24.4 Å². The number of hydrogen-bond acceptors (Lipinski definition) is 7. The number of nitrogens with zero attached hydrogens (tertiary/aromatic N) is 4. The minimum atomic E-state index is -3.85. The molecule has 0 saturated carbocycles. The standard InChI is InChI=1S/C24H34ClN5O5S2/c1-18(31)28-13-11-27(12-14-28)16-19-4-2-10-30(19)23(32)17-29-9-3-5-21(24(29)33)26-37(34,35)15-8-20-6-7-22(25)36-20/h6-8,15,19,21,26H,2-5,9-14,16-17H2,1H3/b15-8+/t19-,21-/m0/s1. The number of nitrogens with one attached hydrogen (secondary N) is 1. The summed E-state index contributed by atoms with van der Waals surface area (Å²) < 4.78 is 28.1. The maximum atomic E-state index is 13.2. The number of rotatable bonds is 8. The number of piperazine rings is 1. The van der Waals surface area contributed by atoms with Crippen molar-refractivity contribution in [2.24, 2.45) is 0 Å². The molecule has 1 aromatic heterocycles. The molecule has 4 rings (SSSR count). The largest absolute Gasteiger partial charge is 0.340 e. The van der Waals surface area contributed by atoms with Gasteiger partial charge in [-0.3, -0.25) is 19.3 Å². The molecule has 37 heavy (non-hydrogen) atoms. The fraction of sp³-hybridized carbons (Fsp3) is 0.625. The van der Waals surface area contributed by atoms with Crippen LogP contribution >= 0.6 is 22.9 Å². The van der Waals surface area contributed by atoms with Crippen LogP contribution in [0.25, 0.3) is 6.08 Å². The molecule has 3 aliphatic rings. The normalized spacial score (nSPS) is 23.8. The molecule has 0 radical (unpaired) electrons. The third kappa shape index (κ3) is 7.53. The van der Waals surface area contributed by atoms with Gasteiger partial charge in [-0.2, -0.15) is 4.72 Å². The van der Waals surface area contributed by atoms with Crippen molar-refractivity contribution >= 4 is 56.8 Å². The van der Waals surface area contributed by atoms with E-state index in [1.54, 1.807) is 19.1 Å². The van der Waals surface area contributed by atoms with Crippen LogP contribution in [0.3, 0.4) is 0 Å². The van der Waals surface area contributed by atoms with Crippen molar-refractivity contribution in [2.75, 3.05) is 52.4 Å². The molecular formula is C24H34ClN5O5S2. The van der Waals surface area contributed by atoms with E-state index in [-0.39, 0.29) is 30.3 Å². The molecule has 3 amide bonds. The Morgan fingerprint density at radius 2 is 1.84 bits per heavy atom. The van der Waals surface area contributed by atoms with Crippen LogP contribution in [-0.4, -0.2) is 110 Å². The number of carbonyl (C=O) groups excluding carboxylic acids is 3. The van der Waals surface area contributed by atoms with Crippen molar-refractivity contribution in [1.29, 1.82) is 0 Å². The van der Waals surface area contributed by atoms with Crippen LogP contribution in [0, 0.1) is 0 Å². The van der Waals surface area contributed by atoms with E-state index in [0.29, 0.717) is 48.2 Å². The van der Waals surface area contributed by atoms with Gasteiger partial charge in [0.1, 0.15) is 6.04 Å². The average molecular weight is 572 g/mol. The van der Waals surface area contributed by atoms with Gasteiger partial charge in [0, 0.05) is 69.1 Å². The monoisotopic (exact) mass is 571 g/mol. The molecule has 1 N–H and O–H groups in total. The zero-order valence-electron chi connectivity index (χ0n) is 21.0. The van der Waals surface area contributed by atoms with E-state index in [0.717, 1.165) is 37.9 Å². The minimum absolute atomic E-state index is 0.0464. The van der Waals surface area contributed by atoms with Crippen LogP contribution in [0.4, 0.5) is 0 Å². The van der Waals surface area contributed by atoms with Gasteiger partial charge in [-0.15, -0.1) is 11.3 Å². The van der Waals surface area contributed by atoms with E-state index in [4.69, 9.17) is 11.6 Å². The van der Waals surface area contributed by atoms with Crippen molar-refractivity contribution < 1.29 is 22.8 Å². The second-order valence-electron chi connectivity index (χ2n) is 9.75. The average Bonchev–Trinajstić information content (AvgIpc) is 3.49. The maximum Gasteiger partial charge on any atom is 0.242 e. The summed E-state index contributed by atoms with van der Waals surface area (Å²) in [4.78, 5) is 46.0. The number of hydrogen-bond donors (Lipinski definition) is 1. The molecule has 4 heterocycles. The van der Waals surface area contributed by atoms with Crippen molar-refractivity contribution in [3.05, 3.63) is 26.8 Å². The summed E-state index contributed by atoms with van der Waals surface area (Å²) >= 11 is 7.14. The first-order valence-electron chi connectivity index (χ1n) is 12.6. The van der Waals surface area contributed by atoms with Gasteiger partial charge in [-0.25, -0.2) is 8.42 Å². The van der Waals surface area contributed by atoms with Gasteiger partial charge in [0.2, 0.25) is 27.7 Å². The lowest BCUT2D eigenvalue weighted by Gasteiger charge is -2.38. The second-order valence-corrected chi connectivity index (χ2v) is 13.1. The second kappa shape index (κ2) is 12.2. The van der Waals surface area contributed by atoms with Crippen LogP contribution in [0.5, 0.6) is 0 Å². The number of carbonyl (C=O) groups is 3. The molecule has 0 aromatic carbocycles. The van der Waals surface area contributed by atoms with Gasteiger partial charge in [-0.1, -0.05) is 11.6 Å². The Morgan fingerprint density at radius 3 is 2.51 bits per heavy atom.